The molecule has 0 unspecified atom stereocenters. The van der Waals surface area contributed by atoms with Gasteiger partial charge in [0, 0.05) is 0 Å². The van der Waals surface area contributed by atoms with Gasteiger partial charge in [-0.1, -0.05) is 0 Å². The molecular formula is C31H21NO2Se2Si. The molecule has 0 N–H and O–H groups in total. The molecule has 3 aromatic carbocycles. The zero-order valence-corrected chi connectivity index (χ0v) is 24.3. The van der Waals surface area contributed by atoms with Crippen LogP contribution in [-0.4, -0.2) is 48.6 Å². The zero-order chi connectivity index (χ0) is 24.7. The van der Waals surface area contributed by atoms with Crippen molar-refractivity contribution in [3.8, 4) is 0 Å². The van der Waals surface area contributed by atoms with Gasteiger partial charge in [0.2, 0.25) is 0 Å². The van der Waals surface area contributed by atoms with Crippen LogP contribution >= 0.6 is 0 Å². The molecule has 1 aliphatic carbocycles. The van der Waals surface area contributed by atoms with Gasteiger partial charge in [-0.3, -0.25) is 0 Å². The van der Waals surface area contributed by atoms with Crippen molar-refractivity contribution in [2.45, 2.75) is 18.5 Å². The van der Waals surface area contributed by atoms with Crippen LogP contribution in [0.25, 0.3) is 15.7 Å². The molecule has 4 heterocycles. The van der Waals surface area contributed by atoms with Gasteiger partial charge < -0.3 is 0 Å². The molecule has 8 rings (SSSR count). The first-order valence-corrected chi connectivity index (χ1v) is 18.5. The van der Waals surface area contributed by atoms with Crippen LogP contribution in [-0.2, 0) is 0 Å². The molecule has 0 bridgehead atoms. The molecule has 178 valence electrons. The third kappa shape index (κ3) is 3.05. The molecule has 2 aromatic heterocycles. The third-order valence-electron chi connectivity index (χ3n) is 8.22. The molecule has 37 heavy (non-hydrogen) atoms. The van der Waals surface area contributed by atoms with Gasteiger partial charge >= 0.3 is 229 Å². The van der Waals surface area contributed by atoms with E-state index in [-0.39, 0.29) is 40.6 Å². The number of anilines is 3. The van der Waals surface area contributed by atoms with Gasteiger partial charge in [-0.05, 0) is 0 Å². The number of allylic oxidation sites excluding steroid dienone is 1. The molecular weight excluding hydrogens is 604 g/mol. The number of benzene rings is 3. The second kappa shape index (κ2) is 8.01. The average molecular weight is 626 g/mol. The van der Waals surface area contributed by atoms with Crippen molar-refractivity contribution in [1.82, 2.24) is 0 Å². The first kappa shape index (κ1) is 22.0. The van der Waals surface area contributed by atoms with Gasteiger partial charge in [0.25, 0.3) is 0 Å². The van der Waals surface area contributed by atoms with Gasteiger partial charge in [0.1, 0.15) is 0 Å². The Balaban J connectivity index is 1.22. The first-order valence-electron chi connectivity index (χ1n) is 12.6. The Morgan fingerprint density at radius 3 is 2.14 bits per heavy atom. The van der Waals surface area contributed by atoms with Gasteiger partial charge in [0.05, 0.1) is 0 Å². The summed E-state index contributed by atoms with van der Waals surface area (Å²) in [5.74, 6) is -0.255. The molecule has 0 amide bonds. The maximum absolute atomic E-state index is 13.3. The predicted molar refractivity (Wildman–Crippen MR) is 155 cm³/mol. The number of ketones is 2. The van der Waals surface area contributed by atoms with Crippen LogP contribution in [0.2, 0.25) is 12.1 Å². The normalized spacial score (nSPS) is 18.3. The molecule has 2 aliphatic heterocycles. The van der Waals surface area contributed by atoms with Crippen molar-refractivity contribution in [2.75, 3.05) is 4.90 Å². The predicted octanol–water partition coefficient (Wildman–Crippen LogP) is 5.17. The van der Waals surface area contributed by atoms with Crippen molar-refractivity contribution < 1.29 is 9.59 Å². The van der Waals surface area contributed by atoms with Crippen LogP contribution in [0.4, 0.5) is 15.9 Å². The second-order valence-electron chi connectivity index (χ2n) is 10.1. The van der Waals surface area contributed by atoms with E-state index in [4.69, 9.17) is 0 Å². The third-order valence-corrected chi connectivity index (χ3v) is 17.5. The fourth-order valence-corrected chi connectivity index (χ4v) is 14.7. The number of carbonyl (C=O) groups is 2. The summed E-state index contributed by atoms with van der Waals surface area (Å²) in [6.45, 7) is 0. The van der Waals surface area contributed by atoms with Gasteiger partial charge in [-0.25, -0.2) is 0 Å². The summed E-state index contributed by atoms with van der Waals surface area (Å²) in [4.78, 5) is 31.1. The van der Waals surface area contributed by atoms with Crippen LogP contribution in [0.5, 0.6) is 0 Å². The maximum atomic E-state index is 13.3. The number of nitrogens with zero attached hydrogens (tertiary/aromatic N) is 1. The van der Waals surface area contributed by atoms with Crippen molar-refractivity contribution in [1.29, 1.82) is 0 Å². The second-order valence-corrected chi connectivity index (χ2v) is 18.6. The van der Waals surface area contributed by atoms with Crippen LogP contribution in [0.15, 0.2) is 89.4 Å². The van der Waals surface area contributed by atoms with Gasteiger partial charge in [0.15, 0.2) is 0 Å². The van der Waals surface area contributed by atoms with Crippen LogP contribution < -0.4 is 15.3 Å². The number of fused-ring (bicyclic) bond motifs is 6. The molecule has 3 nitrogen and oxygen atoms in total. The fourth-order valence-electron chi connectivity index (χ4n) is 6.32. The average Bonchev–Trinajstić information content (AvgIpc) is 3.61. The van der Waals surface area contributed by atoms with Crippen molar-refractivity contribution >= 4 is 90.7 Å². The van der Waals surface area contributed by atoms with Crippen LogP contribution in [0.1, 0.15) is 31.6 Å². The van der Waals surface area contributed by atoms with E-state index in [9.17, 15) is 9.59 Å². The van der Waals surface area contributed by atoms with Crippen LogP contribution in [0, 0.1) is 0 Å². The quantitative estimate of drug-likeness (QED) is 0.155. The van der Waals surface area contributed by atoms with E-state index in [0.717, 1.165) is 9.82 Å². The summed E-state index contributed by atoms with van der Waals surface area (Å²) < 4.78 is 3.52. The minimum absolute atomic E-state index is 0.0121. The van der Waals surface area contributed by atoms with E-state index in [1.165, 1.54) is 38.7 Å². The molecule has 1 saturated heterocycles. The summed E-state index contributed by atoms with van der Waals surface area (Å²) in [6.07, 6.45) is 3.19. The number of hydrogen-bond donors (Lipinski definition) is 0. The minimum atomic E-state index is -1.66. The molecule has 0 saturated carbocycles. The van der Waals surface area contributed by atoms with Crippen molar-refractivity contribution in [2.24, 2.45) is 0 Å². The van der Waals surface area contributed by atoms with Crippen molar-refractivity contribution in [3.05, 3.63) is 105 Å². The van der Waals surface area contributed by atoms with Gasteiger partial charge in [-0.2, -0.15) is 0 Å². The molecule has 1 fully saturated rings. The van der Waals surface area contributed by atoms with E-state index in [1.807, 2.05) is 18.2 Å². The Morgan fingerprint density at radius 1 is 0.784 bits per heavy atom. The summed E-state index contributed by atoms with van der Waals surface area (Å²) in [6, 6.07) is 30.9. The van der Waals surface area contributed by atoms with Crippen LogP contribution in [0.3, 0.4) is 0 Å². The Hall–Kier alpha value is -2.98. The number of para-hydroxylation sites is 2. The summed E-state index contributed by atoms with van der Waals surface area (Å²) in [5.41, 5.74) is 4.11. The molecule has 0 atom stereocenters. The standard InChI is InChI=1S/C31H21NO2Se2Si/c33-30-21-16-19-12-13-35-26(19)18-22(21)31(34)23(30)17-20-10-11-29(36-20)32-24-6-1-3-8-27(24)37(14-5-15-37)28-9-4-2-7-25(28)32/h1-4,6-13,16-18H,5,14-15H2/b23-17+. The molecule has 3 aliphatic rings. The van der Waals surface area contributed by atoms with Crippen molar-refractivity contribution in [3.63, 3.8) is 0 Å². The van der Waals surface area contributed by atoms with E-state index in [1.54, 1.807) is 10.4 Å². The SMILES string of the molecule is O=C1/C(=C\c2ccc(N3c4ccccc4[Si]4(CCC4)c4ccccc43)[se]2)C(=O)c2cc3[se]ccc3cc21. The summed E-state index contributed by atoms with van der Waals surface area (Å²) in [7, 11) is -1.66. The Labute approximate surface area is 227 Å². The fraction of sp³-hybridized carbons (Fsp3) is 0.0968. The number of rotatable bonds is 2. The summed E-state index contributed by atoms with van der Waals surface area (Å²) in [5, 5.41) is 4.21. The molecule has 1 spiro atoms. The zero-order valence-electron chi connectivity index (χ0n) is 19.9. The van der Waals surface area contributed by atoms with E-state index < -0.39 is 8.07 Å². The topological polar surface area (TPSA) is 37.4 Å². The number of hydrogen-bond acceptors (Lipinski definition) is 3. The Morgan fingerprint density at radius 2 is 1.46 bits per heavy atom. The Bertz CT molecular complexity index is 1720. The summed E-state index contributed by atoms with van der Waals surface area (Å²) >= 11 is 0.236. The number of carbonyl (C=O) groups excluding carboxylic acids is 2. The number of Topliss-reactive ketones (excluding diaryl/α,β-unsaturated/α-hetero) is 2. The van der Waals surface area contributed by atoms with E-state index >= 15 is 0 Å². The molecule has 5 aromatic rings. The first-order chi connectivity index (χ1) is 18.1. The van der Waals surface area contributed by atoms with E-state index in [2.05, 4.69) is 76.6 Å². The monoisotopic (exact) mass is 627 g/mol. The molecule has 0 radical (unpaired) electrons. The van der Waals surface area contributed by atoms with Gasteiger partial charge in [-0.15, -0.1) is 0 Å². The van der Waals surface area contributed by atoms with E-state index in [0.29, 0.717) is 16.7 Å². The Kier molecular flexibility index (Phi) is 4.77. The molecule has 6 heteroatoms.